The molecule has 1 aromatic carbocycles. The zero-order valence-electron chi connectivity index (χ0n) is 12.0. The minimum absolute atomic E-state index is 0.0146. The van der Waals surface area contributed by atoms with Gasteiger partial charge in [0, 0.05) is 37.4 Å². The smallest absolute Gasteiger partial charge is 0.253 e. The molecule has 0 atom stereocenters. The van der Waals surface area contributed by atoms with Crippen molar-refractivity contribution in [3.05, 3.63) is 23.8 Å². The Bertz CT molecular complexity index is 754. The molecular weight excluding hydrogens is 316 g/mol. The molecule has 1 amide bonds. The van der Waals surface area contributed by atoms with Gasteiger partial charge < -0.3 is 10.6 Å². The number of hydrogen-bond acceptors (Lipinski definition) is 6. The van der Waals surface area contributed by atoms with E-state index in [2.05, 4.69) is 0 Å². The fourth-order valence-electron chi connectivity index (χ4n) is 1.58. The second-order valence-electron chi connectivity index (χ2n) is 4.92. The van der Waals surface area contributed by atoms with E-state index in [4.69, 9.17) is 5.73 Å². The van der Waals surface area contributed by atoms with Crippen LogP contribution in [0.4, 0.5) is 5.69 Å². The lowest BCUT2D eigenvalue weighted by atomic mass is 10.2. The van der Waals surface area contributed by atoms with Crippen molar-refractivity contribution in [2.45, 2.75) is 4.90 Å². The molecule has 0 fully saturated rings. The summed E-state index contributed by atoms with van der Waals surface area (Å²) < 4.78 is 45.2. The van der Waals surface area contributed by atoms with Crippen molar-refractivity contribution in [3.63, 3.8) is 0 Å². The highest BCUT2D eigenvalue weighted by atomic mass is 32.2. The maximum atomic E-state index is 12.2. The average molecular weight is 334 g/mol. The monoisotopic (exact) mass is 334 g/mol. The molecule has 2 N–H and O–H groups in total. The number of nitrogens with zero attached hydrogens (tertiary/aromatic N) is 1. The van der Waals surface area contributed by atoms with E-state index < -0.39 is 25.6 Å². The molecule has 118 valence electrons. The van der Waals surface area contributed by atoms with Crippen LogP contribution in [-0.2, 0) is 19.7 Å². The van der Waals surface area contributed by atoms with Gasteiger partial charge in [0.15, 0.2) is 9.84 Å². The molecule has 0 bridgehead atoms. The number of rotatable bonds is 5. The summed E-state index contributed by atoms with van der Waals surface area (Å²) in [4.78, 5) is 13.3. The molecule has 0 aliphatic carbocycles. The van der Waals surface area contributed by atoms with Crippen LogP contribution in [0.5, 0.6) is 0 Å². The van der Waals surface area contributed by atoms with E-state index in [0.29, 0.717) is 0 Å². The summed E-state index contributed by atoms with van der Waals surface area (Å²) in [7, 11) is -5.24. The van der Waals surface area contributed by atoms with Gasteiger partial charge in [0.1, 0.15) is 9.84 Å². The number of amides is 1. The molecule has 9 heteroatoms. The zero-order valence-corrected chi connectivity index (χ0v) is 13.7. The maximum Gasteiger partial charge on any atom is 0.253 e. The summed E-state index contributed by atoms with van der Waals surface area (Å²) in [6, 6.07) is 3.85. The molecule has 0 heterocycles. The van der Waals surface area contributed by atoms with Gasteiger partial charge in [0.05, 0.1) is 10.6 Å². The van der Waals surface area contributed by atoms with Crippen LogP contribution in [0.15, 0.2) is 23.1 Å². The molecule has 21 heavy (non-hydrogen) atoms. The Morgan fingerprint density at radius 3 is 2.19 bits per heavy atom. The SMILES string of the molecule is CN(CCS(C)(=O)=O)C(=O)c1cc(N)cc(S(C)(=O)=O)c1. The molecule has 0 aliphatic rings. The molecule has 1 rings (SSSR count). The Kier molecular flexibility index (Phi) is 5.00. The number of sulfone groups is 2. The van der Waals surface area contributed by atoms with Crippen LogP contribution in [0.3, 0.4) is 0 Å². The molecule has 0 spiro atoms. The van der Waals surface area contributed by atoms with Gasteiger partial charge >= 0.3 is 0 Å². The van der Waals surface area contributed by atoms with E-state index in [1.807, 2.05) is 0 Å². The number of carbonyl (C=O) groups excluding carboxylic acids is 1. The highest BCUT2D eigenvalue weighted by Crippen LogP contribution is 2.18. The minimum atomic E-state index is -3.49. The molecule has 0 aromatic heterocycles. The van der Waals surface area contributed by atoms with E-state index in [-0.39, 0.29) is 28.4 Å². The van der Waals surface area contributed by atoms with Crippen LogP contribution in [0.1, 0.15) is 10.4 Å². The lowest BCUT2D eigenvalue weighted by molar-refractivity contribution is 0.0803. The Labute approximate surface area is 124 Å². The van der Waals surface area contributed by atoms with Crippen molar-refractivity contribution in [1.29, 1.82) is 0 Å². The molecule has 0 saturated heterocycles. The highest BCUT2D eigenvalue weighted by molar-refractivity contribution is 7.91. The minimum Gasteiger partial charge on any atom is -0.399 e. The van der Waals surface area contributed by atoms with E-state index in [1.54, 1.807) is 0 Å². The van der Waals surface area contributed by atoms with Crippen molar-refractivity contribution in [3.8, 4) is 0 Å². The molecule has 0 aliphatic heterocycles. The third kappa shape index (κ3) is 5.35. The van der Waals surface area contributed by atoms with Gasteiger partial charge in [-0.25, -0.2) is 16.8 Å². The molecule has 0 unspecified atom stereocenters. The standard InChI is InChI=1S/C12H18N2O5S2/c1-14(4-5-20(2,16)17)12(15)9-6-10(13)8-11(7-9)21(3,18)19/h6-8H,4-5,13H2,1-3H3. The van der Waals surface area contributed by atoms with Gasteiger partial charge in [-0.2, -0.15) is 0 Å². The fourth-order valence-corrected chi connectivity index (χ4v) is 2.88. The van der Waals surface area contributed by atoms with E-state index in [0.717, 1.165) is 12.5 Å². The molecule has 1 aromatic rings. The number of benzene rings is 1. The van der Waals surface area contributed by atoms with Crippen molar-refractivity contribution in [2.75, 3.05) is 37.6 Å². The number of nitrogens with two attached hydrogens (primary N) is 1. The van der Waals surface area contributed by atoms with Gasteiger partial charge in [-0.15, -0.1) is 0 Å². The molecule has 0 saturated carbocycles. The average Bonchev–Trinajstić information content (AvgIpc) is 2.32. The quantitative estimate of drug-likeness (QED) is 0.745. The third-order valence-electron chi connectivity index (χ3n) is 2.75. The Hall–Kier alpha value is -1.61. The van der Waals surface area contributed by atoms with Crippen LogP contribution in [-0.4, -0.2) is 59.5 Å². The highest BCUT2D eigenvalue weighted by Gasteiger charge is 2.17. The topological polar surface area (TPSA) is 115 Å². The normalized spacial score (nSPS) is 12.1. The second-order valence-corrected chi connectivity index (χ2v) is 9.19. The largest absolute Gasteiger partial charge is 0.399 e. The van der Waals surface area contributed by atoms with Gasteiger partial charge in [0.25, 0.3) is 5.91 Å². The van der Waals surface area contributed by atoms with E-state index in [9.17, 15) is 21.6 Å². The first-order valence-corrected chi connectivity index (χ1v) is 9.89. The van der Waals surface area contributed by atoms with Crippen LogP contribution in [0, 0.1) is 0 Å². The lowest BCUT2D eigenvalue weighted by Crippen LogP contribution is -2.31. The molecular formula is C12H18N2O5S2. The van der Waals surface area contributed by atoms with Crippen LogP contribution >= 0.6 is 0 Å². The van der Waals surface area contributed by atoms with Crippen LogP contribution in [0.2, 0.25) is 0 Å². The van der Waals surface area contributed by atoms with E-state index >= 15 is 0 Å². The summed E-state index contributed by atoms with van der Waals surface area (Å²) >= 11 is 0. The van der Waals surface area contributed by atoms with Crippen molar-refractivity contribution >= 4 is 31.3 Å². The molecule has 7 nitrogen and oxygen atoms in total. The predicted molar refractivity (Wildman–Crippen MR) is 80.6 cm³/mol. The Morgan fingerprint density at radius 2 is 1.71 bits per heavy atom. The molecule has 0 radical (unpaired) electrons. The van der Waals surface area contributed by atoms with E-state index in [1.165, 1.54) is 30.1 Å². The van der Waals surface area contributed by atoms with Crippen molar-refractivity contribution < 1.29 is 21.6 Å². The summed E-state index contributed by atoms with van der Waals surface area (Å²) in [5.41, 5.74) is 5.86. The third-order valence-corrected chi connectivity index (χ3v) is 4.76. The summed E-state index contributed by atoms with van der Waals surface area (Å²) in [6.07, 6.45) is 2.09. The van der Waals surface area contributed by atoms with Crippen molar-refractivity contribution in [1.82, 2.24) is 4.90 Å². The fraction of sp³-hybridized carbons (Fsp3) is 0.417. The van der Waals surface area contributed by atoms with Gasteiger partial charge in [0.2, 0.25) is 0 Å². The van der Waals surface area contributed by atoms with Gasteiger partial charge in [-0.3, -0.25) is 4.79 Å². The number of anilines is 1. The number of carbonyl (C=O) groups is 1. The van der Waals surface area contributed by atoms with Crippen molar-refractivity contribution in [2.24, 2.45) is 0 Å². The number of nitrogen functional groups attached to an aromatic ring is 1. The zero-order chi connectivity index (χ0) is 16.4. The first-order chi connectivity index (χ1) is 9.40. The first kappa shape index (κ1) is 17.4. The summed E-state index contributed by atoms with van der Waals surface area (Å²) in [5.74, 6) is -0.660. The first-order valence-electron chi connectivity index (χ1n) is 5.94. The van der Waals surface area contributed by atoms with Gasteiger partial charge in [-0.1, -0.05) is 0 Å². The van der Waals surface area contributed by atoms with Crippen LogP contribution in [0.25, 0.3) is 0 Å². The maximum absolute atomic E-state index is 12.2. The Morgan fingerprint density at radius 1 is 1.14 bits per heavy atom. The lowest BCUT2D eigenvalue weighted by Gasteiger charge is -2.17. The number of hydrogen-bond donors (Lipinski definition) is 1. The summed E-state index contributed by atoms with van der Waals surface area (Å²) in [6.45, 7) is 0.0146. The van der Waals surface area contributed by atoms with Gasteiger partial charge in [-0.05, 0) is 18.2 Å². The predicted octanol–water partition coefficient (Wildman–Crippen LogP) is -0.211. The second kappa shape index (κ2) is 6.02. The summed E-state index contributed by atoms with van der Waals surface area (Å²) in [5, 5.41) is 0. The Balaban J connectivity index is 3.05. The van der Waals surface area contributed by atoms with Crippen LogP contribution < -0.4 is 5.73 Å².